The molecule has 0 aliphatic carbocycles. The van der Waals surface area contributed by atoms with Crippen LogP contribution in [0, 0.1) is 13.8 Å². The molecular weight excluding hydrogens is 304 g/mol. The lowest BCUT2D eigenvalue weighted by Crippen LogP contribution is -1.93. The first kappa shape index (κ1) is 12.2. The van der Waals surface area contributed by atoms with Gasteiger partial charge in [0.1, 0.15) is 0 Å². The van der Waals surface area contributed by atoms with Crippen LogP contribution >= 0.6 is 38.9 Å². The van der Waals surface area contributed by atoms with Crippen molar-refractivity contribution in [3.05, 3.63) is 56.2 Å². The van der Waals surface area contributed by atoms with Crippen LogP contribution in [0.15, 0.2) is 30.3 Å². The highest BCUT2D eigenvalue weighted by molar-refractivity contribution is 9.09. The summed E-state index contributed by atoms with van der Waals surface area (Å²) in [5.74, 6) is 0. The van der Waals surface area contributed by atoms with Crippen LogP contribution in [0.4, 0.5) is 0 Å². The van der Waals surface area contributed by atoms with Crippen molar-refractivity contribution in [3.63, 3.8) is 0 Å². The number of aryl methyl sites for hydroxylation is 1. The van der Waals surface area contributed by atoms with Gasteiger partial charge in [-0.1, -0.05) is 39.7 Å². The lowest BCUT2D eigenvalue weighted by atomic mass is 10.1. The van der Waals surface area contributed by atoms with E-state index in [4.69, 9.17) is 11.6 Å². The molecule has 0 saturated carbocycles. The van der Waals surface area contributed by atoms with E-state index in [1.54, 1.807) is 0 Å². The van der Waals surface area contributed by atoms with Crippen LogP contribution in [-0.4, -0.2) is 0 Å². The summed E-state index contributed by atoms with van der Waals surface area (Å²) in [4.78, 5) is 2.90. The Balaban J connectivity index is 2.41. The molecule has 16 heavy (non-hydrogen) atoms. The highest BCUT2D eigenvalue weighted by Crippen LogP contribution is 2.38. The second-order valence-corrected chi connectivity index (χ2v) is 6.41. The van der Waals surface area contributed by atoms with E-state index < -0.39 is 0 Å². The third kappa shape index (κ3) is 2.34. The minimum Gasteiger partial charge on any atom is -0.144 e. The highest BCUT2D eigenvalue weighted by Gasteiger charge is 2.15. The second kappa shape index (κ2) is 4.91. The topological polar surface area (TPSA) is 0 Å². The summed E-state index contributed by atoms with van der Waals surface area (Å²) in [5.41, 5.74) is 2.39. The van der Waals surface area contributed by atoms with Crippen molar-refractivity contribution < 1.29 is 0 Å². The van der Waals surface area contributed by atoms with Crippen LogP contribution in [0.3, 0.4) is 0 Å². The molecule has 2 aromatic rings. The molecular formula is C13H12BrClS. The summed E-state index contributed by atoms with van der Waals surface area (Å²) in [6.45, 7) is 4.19. The average Bonchev–Trinajstić information content (AvgIpc) is 2.68. The van der Waals surface area contributed by atoms with Gasteiger partial charge in [-0.25, -0.2) is 0 Å². The summed E-state index contributed by atoms with van der Waals surface area (Å²) in [6.07, 6.45) is 0. The number of hydrogen-bond acceptors (Lipinski definition) is 1. The predicted molar refractivity (Wildman–Crippen MR) is 76.0 cm³/mol. The molecule has 0 bridgehead atoms. The SMILES string of the molecule is Cc1ccc(C(Br)c2cccc(Cl)c2C)s1. The van der Waals surface area contributed by atoms with Crippen LogP contribution in [0.2, 0.25) is 5.02 Å². The largest absolute Gasteiger partial charge is 0.144 e. The van der Waals surface area contributed by atoms with Gasteiger partial charge in [-0.3, -0.25) is 0 Å². The molecule has 3 heteroatoms. The lowest BCUT2D eigenvalue weighted by molar-refractivity contribution is 1.18. The number of halogens is 2. The average molecular weight is 316 g/mol. The van der Waals surface area contributed by atoms with Gasteiger partial charge in [-0.2, -0.15) is 0 Å². The Morgan fingerprint density at radius 1 is 1.19 bits per heavy atom. The van der Waals surface area contributed by atoms with E-state index in [2.05, 4.69) is 48.0 Å². The third-order valence-electron chi connectivity index (χ3n) is 2.59. The van der Waals surface area contributed by atoms with E-state index in [1.165, 1.54) is 15.3 Å². The molecule has 1 aromatic heterocycles. The maximum Gasteiger partial charge on any atom is 0.0741 e. The van der Waals surface area contributed by atoms with Crippen molar-refractivity contribution in [3.8, 4) is 0 Å². The van der Waals surface area contributed by atoms with E-state index in [9.17, 15) is 0 Å². The fourth-order valence-electron chi connectivity index (χ4n) is 1.64. The first-order chi connectivity index (χ1) is 7.59. The number of benzene rings is 1. The van der Waals surface area contributed by atoms with Crippen molar-refractivity contribution in [2.24, 2.45) is 0 Å². The maximum absolute atomic E-state index is 6.13. The molecule has 0 nitrogen and oxygen atoms in total. The van der Waals surface area contributed by atoms with Crippen LogP contribution < -0.4 is 0 Å². The smallest absolute Gasteiger partial charge is 0.0741 e. The Bertz CT molecular complexity index is 504. The van der Waals surface area contributed by atoms with Gasteiger partial charge in [0.25, 0.3) is 0 Å². The molecule has 0 amide bonds. The van der Waals surface area contributed by atoms with Crippen LogP contribution in [-0.2, 0) is 0 Å². The zero-order chi connectivity index (χ0) is 11.7. The predicted octanol–water partition coefficient (Wildman–Crippen LogP) is 5.50. The van der Waals surface area contributed by atoms with Crippen molar-refractivity contribution in [1.29, 1.82) is 0 Å². The lowest BCUT2D eigenvalue weighted by Gasteiger charge is -2.12. The Kier molecular flexibility index (Phi) is 3.73. The van der Waals surface area contributed by atoms with Crippen LogP contribution in [0.1, 0.15) is 25.7 Å². The Morgan fingerprint density at radius 2 is 1.94 bits per heavy atom. The minimum atomic E-state index is 0.241. The van der Waals surface area contributed by atoms with Crippen LogP contribution in [0.5, 0.6) is 0 Å². The fourth-order valence-corrected chi connectivity index (χ4v) is 3.63. The number of thiophene rings is 1. The molecule has 1 heterocycles. The molecule has 0 aliphatic heterocycles. The van der Waals surface area contributed by atoms with E-state index in [0.29, 0.717) is 0 Å². The second-order valence-electron chi connectivity index (χ2n) is 3.77. The Labute approximate surface area is 113 Å². The molecule has 2 rings (SSSR count). The number of hydrogen-bond donors (Lipinski definition) is 0. The zero-order valence-electron chi connectivity index (χ0n) is 9.13. The molecule has 0 radical (unpaired) electrons. The van der Waals surface area contributed by atoms with E-state index in [1.807, 2.05) is 23.5 Å². The normalized spacial score (nSPS) is 12.8. The standard InChI is InChI=1S/C13H12BrClS/c1-8-6-7-12(16-8)13(14)10-4-3-5-11(15)9(10)2/h3-7,13H,1-2H3. The molecule has 1 aromatic carbocycles. The third-order valence-corrected chi connectivity index (χ3v) is 5.36. The summed E-state index contributed by atoms with van der Waals surface area (Å²) in [6, 6.07) is 10.4. The quantitative estimate of drug-likeness (QED) is 0.642. The maximum atomic E-state index is 6.13. The van der Waals surface area contributed by atoms with Gasteiger partial charge in [-0.05, 0) is 43.2 Å². The van der Waals surface area contributed by atoms with Crippen molar-refractivity contribution >= 4 is 38.9 Å². The summed E-state index contributed by atoms with van der Waals surface area (Å²) in [5, 5.41) is 0.829. The molecule has 84 valence electrons. The van der Waals surface area contributed by atoms with Crippen molar-refractivity contribution in [2.45, 2.75) is 18.7 Å². The first-order valence-electron chi connectivity index (χ1n) is 5.05. The van der Waals surface area contributed by atoms with Gasteiger partial charge in [-0.15, -0.1) is 11.3 Å². The molecule has 0 spiro atoms. The molecule has 1 unspecified atom stereocenters. The minimum absolute atomic E-state index is 0.241. The number of rotatable bonds is 2. The van der Waals surface area contributed by atoms with Crippen molar-refractivity contribution in [2.75, 3.05) is 0 Å². The van der Waals surface area contributed by atoms with Gasteiger partial charge in [0, 0.05) is 14.8 Å². The number of alkyl halides is 1. The van der Waals surface area contributed by atoms with E-state index in [0.717, 1.165) is 10.6 Å². The first-order valence-corrected chi connectivity index (χ1v) is 7.16. The molecule has 1 atom stereocenters. The van der Waals surface area contributed by atoms with E-state index >= 15 is 0 Å². The fraction of sp³-hybridized carbons (Fsp3) is 0.231. The Hall–Kier alpha value is -0.310. The molecule has 0 aliphatic rings. The van der Waals surface area contributed by atoms with Crippen molar-refractivity contribution in [1.82, 2.24) is 0 Å². The van der Waals surface area contributed by atoms with Gasteiger partial charge in [0.15, 0.2) is 0 Å². The molecule has 0 N–H and O–H groups in total. The van der Waals surface area contributed by atoms with E-state index in [-0.39, 0.29) is 4.83 Å². The molecule has 0 fully saturated rings. The zero-order valence-corrected chi connectivity index (χ0v) is 12.3. The summed E-state index contributed by atoms with van der Waals surface area (Å²) in [7, 11) is 0. The monoisotopic (exact) mass is 314 g/mol. The molecule has 0 saturated heterocycles. The Morgan fingerprint density at radius 3 is 2.56 bits per heavy atom. The van der Waals surface area contributed by atoms with Gasteiger partial charge in [0.2, 0.25) is 0 Å². The summed E-state index contributed by atoms with van der Waals surface area (Å²) < 4.78 is 0. The van der Waals surface area contributed by atoms with Crippen LogP contribution in [0.25, 0.3) is 0 Å². The van der Waals surface area contributed by atoms with Gasteiger partial charge in [0.05, 0.1) is 4.83 Å². The van der Waals surface area contributed by atoms with Gasteiger partial charge >= 0.3 is 0 Å². The summed E-state index contributed by atoms with van der Waals surface area (Å²) >= 11 is 11.7. The highest BCUT2D eigenvalue weighted by atomic mass is 79.9. The van der Waals surface area contributed by atoms with Gasteiger partial charge < -0.3 is 0 Å².